The minimum absolute atomic E-state index is 0.216. The summed E-state index contributed by atoms with van der Waals surface area (Å²) < 4.78 is 0. The van der Waals surface area contributed by atoms with Crippen molar-refractivity contribution >= 4 is 0 Å². The fraction of sp³-hybridized carbons (Fsp3) is 0.684. The highest BCUT2D eigenvalue weighted by atomic mass is 15.1. The van der Waals surface area contributed by atoms with Gasteiger partial charge in [0.15, 0.2) is 0 Å². The number of rotatable bonds is 5. The predicted octanol–water partition coefficient (Wildman–Crippen LogP) is 3.77. The van der Waals surface area contributed by atoms with Gasteiger partial charge in [0.25, 0.3) is 0 Å². The molecule has 0 spiro atoms. The van der Waals surface area contributed by atoms with Gasteiger partial charge in [0.1, 0.15) is 0 Å². The topological polar surface area (TPSA) is 29.3 Å². The molecule has 118 valence electrons. The van der Waals surface area contributed by atoms with Crippen LogP contribution in [0.5, 0.6) is 0 Å². The number of nitrogens with two attached hydrogens (primary N) is 1. The normalized spacial score (nSPS) is 17.3. The van der Waals surface area contributed by atoms with Gasteiger partial charge in [-0.25, -0.2) is 0 Å². The summed E-state index contributed by atoms with van der Waals surface area (Å²) in [6.07, 6.45) is 2.71. The summed E-state index contributed by atoms with van der Waals surface area (Å²) in [4.78, 5) is 2.46. The molecule has 0 aromatic heterocycles. The Kier molecular flexibility index (Phi) is 4.79. The third kappa shape index (κ3) is 3.87. The number of likely N-dealkylation sites (N-methyl/N-ethyl adjacent to an activating group) is 1. The van der Waals surface area contributed by atoms with E-state index in [0.717, 1.165) is 19.0 Å². The van der Waals surface area contributed by atoms with E-state index < -0.39 is 0 Å². The van der Waals surface area contributed by atoms with Gasteiger partial charge in [-0.05, 0) is 67.3 Å². The molecule has 0 aliphatic heterocycles. The van der Waals surface area contributed by atoms with Crippen molar-refractivity contribution in [3.8, 4) is 0 Å². The SMILES string of the molecule is Cc1cc(C(C)(C)C)cc(C)c1CN(C)C(CN)C1CC1. The minimum atomic E-state index is 0.216. The van der Waals surface area contributed by atoms with Gasteiger partial charge in [0.05, 0.1) is 0 Å². The summed E-state index contributed by atoms with van der Waals surface area (Å²) >= 11 is 0. The van der Waals surface area contributed by atoms with Crippen LogP contribution < -0.4 is 5.73 Å². The van der Waals surface area contributed by atoms with Gasteiger partial charge >= 0.3 is 0 Å². The van der Waals surface area contributed by atoms with Gasteiger partial charge in [0.2, 0.25) is 0 Å². The lowest BCUT2D eigenvalue weighted by Crippen LogP contribution is -2.39. The highest BCUT2D eigenvalue weighted by Crippen LogP contribution is 2.35. The van der Waals surface area contributed by atoms with Crippen molar-refractivity contribution in [1.29, 1.82) is 0 Å². The van der Waals surface area contributed by atoms with E-state index in [-0.39, 0.29) is 5.41 Å². The first-order valence-corrected chi connectivity index (χ1v) is 8.25. The molecule has 1 aromatic rings. The zero-order valence-electron chi connectivity index (χ0n) is 14.7. The molecule has 21 heavy (non-hydrogen) atoms. The molecule has 1 aliphatic rings. The van der Waals surface area contributed by atoms with Crippen molar-refractivity contribution < 1.29 is 0 Å². The third-order valence-electron chi connectivity index (χ3n) is 4.94. The Bertz CT molecular complexity index is 472. The van der Waals surface area contributed by atoms with Crippen LogP contribution >= 0.6 is 0 Å². The molecule has 0 bridgehead atoms. The van der Waals surface area contributed by atoms with Crippen molar-refractivity contribution in [3.05, 3.63) is 34.4 Å². The zero-order chi connectivity index (χ0) is 15.8. The standard InChI is InChI=1S/C19H32N2/c1-13-9-16(19(3,4)5)10-14(2)17(13)12-21(6)18(11-20)15-7-8-15/h9-10,15,18H,7-8,11-12,20H2,1-6H3. The van der Waals surface area contributed by atoms with Gasteiger partial charge in [-0.1, -0.05) is 32.9 Å². The first kappa shape index (κ1) is 16.5. The van der Waals surface area contributed by atoms with Crippen LogP contribution in [0.15, 0.2) is 12.1 Å². The second-order valence-electron chi connectivity index (χ2n) is 7.89. The average Bonchev–Trinajstić information content (AvgIpc) is 3.17. The second-order valence-corrected chi connectivity index (χ2v) is 7.89. The summed E-state index contributed by atoms with van der Waals surface area (Å²) in [5, 5.41) is 0. The Balaban J connectivity index is 2.20. The molecule has 1 aromatic carbocycles. The molecular formula is C19H32N2. The second kappa shape index (κ2) is 6.10. The minimum Gasteiger partial charge on any atom is -0.329 e. The number of aryl methyl sites for hydroxylation is 2. The number of nitrogens with zero attached hydrogens (tertiary/aromatic N) is 1. The average molecular weight is 288 g/mol. The summed E-state index contributed by atoms with van der Waals surface area (Å²) in [6, 6.07) is 5.28. The maximum absolute atomic E-state index is 5.98. The van der Waals surface area contributed by atoms with Crippen molar-refractivity contribution in [3.63, 3.8) is 0 Å². The molecule has 2 nitrogen and oxygen atoms in total. The van der Waals surface area contributed by atoms with Crippen molar-refractivity contribution in [1.82, 2.24) is 4.90 Å². The summed E-state index contributed by atoms with van der Waals surface area (Å²) in [5.74, 6) is 0.828. The van der Waals surface area contributed by atoms with Crippen LogP contribution in [-0.2, 0) is 12.0 Å². The first-order valence-electron chi connectivity index (χ1n) is 8.25. The lowest BCUT2D eigenvalue weighted by Gasteiger charge is -2.29. The first-order chi connectivity index (χ1) is 9.74. The fourth-order valence-corrected chi connectivity index (χ4v) is 3.26. The summed E-state index contributed by atoms with van der Waals surface area (Å²) in [6.45, 7) is 13.1. The van der Waals surface area contributed by atoms with E-state index in [9.17, 15) is 0 Å². The molecule has 0 radical (unpaired) electrons. The van der Waals surface area contributed by atoms with Gasteiger partial charge in [-0.3, -0.25) is 4.90 Å². The van der Waals surface area contributed by atoms with Crippen molar-refractivity contribution in [2.24, 2.45) is 11.7 Å². The Morgan fingerprint density at radius 3 is 2.10 bits per heavy atom. The van der Waals surface area contributed by atoms with Crippen LogP contribution in [0.2, 0.25) is 0 Å². The Morgan fingerprint density at radius 2 is 1.71 bits per heavy atom. The highest BCUT2D eigenvalue weighted by molar-refractivity contribution is 5.40. The summed E-state index contributed by atoms with van der Waals surface area (Å²) in [5.41, 5.74) is 11.9. The lowest BCUT2D eigenvalue weighted by atomic mass is 9.83. The van der Waals surface area contributed by atoms with Crippen molar-refractivity contribution in [2.45, 2.75) is 65.5 Å². The molecule has 1 saturated carbocycles. The monoisotopic (exact) mass is 288 g/mol. The van der Waals surface area contributed by atoms with E-state index in [1.54, 1.807) is 0 Å². The number of benzene rings is 1. The molecule has 1 unspecified atom stereocenters. The smallest absolute Gasteiger partial charge is 0.0247 e. The van der Waals surface area contributed by atoms with Crippen LogP contribution in [0.1, 0.15) is 55.9 Å². The van der Waals surface area contributed by atoms with E-state index in [0.29, 0.717) is 6.04 Å². The molecule has 0 heterocycles. The molecule has 0 amide bonds. The Hall–Kier alpha value is -0.860. The summed E-state index contributed by atoms with van der Waals surface area (Å²) in [7, 11) is 2.23. The molecule has 1 fully saturated rings. The molecule has 1 atom stereocenters. The molecule has 2 N–H and O–H groups in total. The van der Waals surface area contributed by atoms with Gasteiger partial charge < -0.3 is 5.73 Å². The van der Waals surface area contributed by atoms with Gasteiger partial charge in [-0.15, -0.1) is 0 Å². The molecule has 2 heteroatoms. The number of hydrogen-bond acceptors (Lipinski definition) is 2. The van der Waals surface area contributed by atoms with Crippen LogP contribution in [0.4, 0.5) is 0 Å². The van der Waals surface area contributed by atoms with E-state index in [1.807, 2.05) is 0 Å². The highest BCUT2D eigenvalue weighted by Gasteiger charge is 2.33. The van der Waals surface area contributed by atoms with E-state index in [4.69, 9.17) is 5.73 Å². The lowest BCUT2D eigenvalue weighted by molar-refractivity contribution is 0.215. The molecule has 0 saturated heterocycles. The molecular weight excluding hydrogens is 256 g/mol. The van der Waals surface area contributed by atoms with Crippen LogP contribution in [-0.4, -0.2) is 24.5 Å². The molecule has 2 rings (SSSR count). The predicted molar refractivity (Wildman–Crippen MR) is 91.6 cm³/mol. The van der Waals surface area contributed by atoms with Crippen LogP contribution in [0.25, 0.3) is 0 Å². The van der Waals surface area contributed by atoms with E-state index in [2.05, 4.69) is 58.7 Å². The third-order valence-corrected chi connectivity index (χ3v) is 4.94. The van der Waals surface area contributed by atoms with Crippen LogP contribution in [0, 0.1) is 19.8 Å². The number of hydrogen-bond donors (Lipinski definition) is 1. The van der Waals surface area contributed by atoms with Crippen LogP contribution in [0.3, 0.4) is 0 Å². The van der Waals surface area contributed by atoms with Gasteiger partial charge in [-0.2, -0.15) is 0 Å². The van der Waals surface area contributed by atoms with E-state index >= 15 is 0 Å². The quantitative estimate of drug-likeness (QED) is 0.893. The largest absolute Gasteiger partial charge is 0.329 e. The fourth-order valence-electron chi connectivity index (χ4n) is 3.26. The maximum Gasteiger partial charge on any atom is 0.0247 e. The van der Waals surface area contributed by atoms with Gasteiger partial charge in [0, 0.05) is 19.1 Å². The Labute approximate surface area is 130 Å². The zero-order valence-corrected chi connectivity index (χ0v) is 14.7. The Morgan fingerprint density at radius 1 is 1.19 bits per heavy atom. The maximum atomic E-state index is 5.98. The van der Waals surface area contributed by atoms with E-state index in [1.165, 1.54) is 35.1 Å². The van der Waals surface area contributed by atoms with Crippen molar-refractivity contribution in [2.75, 3.05) is 13.6 Å². The molecule has 1 aliphatic carbocycles.